The van der Waals surface area contributed by atoms with Crippen LogP contribution >= 0.6 is 24.9 Å². The Morgan fingerprint density at radius 2 is 2.21 bits per heavy atom. The van der Waals surface area contributed by atoms with Gasteiger partial charge in [-0.2, -0.15) is 0 Å². The number of nitrogens with one attached hydrogen (secondary N) is 2. The van der Waals surface area contributed by atoms with Crippen molar-refractivity contribution in [3.8, 4) is 0 Å². The van der Waals surface area contributed by atoms with Gasteiger partial charge < -0.3 is 0 Å². The van der Waals surface area contributed by atoms with Crippen LogP contribution in [0, 0.1) is 0 Å². The molecule has 3 rings (SSSR count). The Morgan fingerprint density at radius 3 is 3.00 bits per heavy atom. The standard InChI is InChI=1S/C13H14N2OS.BrH.In/c1-2-3-4-5-9-6-7-10-11(8-9)14-13(17)15-12(10)16;;/h3-8,13-14,17H,1-2H2,(H,15,16);1H;/q;;+1/p-1. The first kappa shape index (κ1) is 13.9. The Hall–Kier alpha value is -0.0699. The average molecular weight is 441 g/mol. The van der Waals surface area contributed by atoms with Gasteiger partial charge in [-0.05, 0) is 0 Å². The molecular weight excluding hydrogens is 427 g/mol. The fraction of sp³-hybridized carbons (Fsp3) is 0.308. The number of benzene rings is 1. The predicted octanol–water partition coefficient (Wildman–Crippen LogP) is 3.02. The normalized spacial score (nSPS) is 25.6. The molecule has 6 heteroatoms. The number of allylic oxidation sites excluding steroid dienone is 2. The van der Waals surface area contributed by atoms with Crippen LogP contribution in [0.3, 0.4) is 0 Å². The molecule has 0 saturated carbocycles. The van der Waals surface area contributed by atoms with Crippen molar-refractivity contribution in [1.82, 2.24) is 5.32 Å². The number of rotatable bonds is 1. The summed E-state index contributed by atoms with van der Waals surface area (Å²) in [5, 5.41) is 5.95. The molecule has 1 aromatic carbocycles. The summed E-state index contributed by atoms with van der Waals surface area (Å²) in [6.45, 7) is 0. The third-order valence-electron chi connectivity index (χ3n) is 3.58. The minimum atomic E-state index is -1.64. The number of fused-ring (bicyclic) bond motifs is 1. The van der Waals surface area contributed by atoms with E-state index >= 15 is 0 Å². The monoisotopic (exact) mass is 440 g/mol. The second kappa shape index (κ2) is 5.74. The molecule has 0 saturated heterocycles. The van der Waals surface area contributed by atoms with E-state index in [4.69, 9.17) is 0 Å². The summed E-state index contributed by atoms with van der Waals surface area (Å²) in [6, 6.07) is 6.12. The fourth-order valence-electron chi connectivity index (χ4n) is 2.59. The molecule has 0 bridgehead atoms. The van der Waals surface area contributed by atoms with E-state index in [2.05, 4.69) is 59.8 Å². The van der Waals surface area contributed by atoms with Crippen LogP contribution in [0.4, 0.5) is 5.69 Å². The molecule has 2 heterocycles. The van der Waals surface area contributed by atoms with Crippen molar-refractivity contribution in [3.63, 3.8) is 0 Å². The quantitative estimate of drug-likeness (QED) is 0.464. The van der Waals surface area contributed by atoms with Crippen LogP contribution in [-0.4, -0.2) is 30.5 Å². The zero-order valence-corrected chi connectivity index (χ0v) is 16.0. The van der Waals surface area contributed by atoms with Gasteiger partial charge in [-0.3, -0.25) is 0 Å². The van der Waals surface area contributed by atoms with Crippen LogP contribution in [0.5, 0.6) is 0 Å². The Kier molecular flexibility index (Phi) is 4.19. The minimum absolute atomic E-state index is 0.0570. The number of hydrogen-bond donors (Lipinski definition) is 3. The number of carbonyl (C=O) groups is 1. The van der Waals surface area contributed by atoms with Gasteiger partial charge in [0, 0.05) is 0 Å². The zero-order chi connectivity index (χ0) is 13.4. The molecule has 1 amide bonds. The van der Waals surface area contributed by atoms with Crippen LogP contribution in [-0.2, 0) is 0 Å². The van der Waals surface area contributed by atoms with Crippen molar-refractivity contribution >= 4 is 55.6 Å². The molecular formula is C13H14BrInN2OS. The zero-order valence-electron chi connectivity index (χ0n) is 10.3. The van der Waals surface area contributed by atoms with Gasteiger partial charge in [0.05, 0.1) is 0 Å². The molecule has 0 fully saturated rings. The SMILES string of the molecule is O=C1NC(S)Nc2cc([CH]3C=CC[CH2][In]3[Br])ccc21. The van der Waals surface area contributed by atoms with Crippen LogP contribution in [0.15, 0.2) is 30.4 Å². The summed E-state index contributed by atoms with van der Waals surface area (Å²) in [6.07, 6.45) is 5.83. The second-order valence-corrected chi connectivity index (χ2v) is 19.9. The number of anilines is 1. The van der Waals surface area contributed by atoms with E-state index < -0.39 is 19.1 Å². The van der Waals surface area contributed by atoms with E-state index in [0.717, 1.165) is 5.69 Å². The van der Waals surface area contributed by atoms with Gasteiger partial charge in [-0.25, -0.2) is 0 Å². The van der Waals surface area contributed by atoms with Gasteiger partial charge in [0.2, 0.25) is 0 Å². The molecule has 0 radical (unpaired) electrons. The van der Waals surface area contributed by atoms with Gasteiger partial charge in [0.25, 0.3) is 0 Å². The van der Waals surface area contributed by atoms with Crippen molar-refractivity contribution in [1.29, 1.82) is 0 Å². The molecule has 2 N–H and O–H groups in total. The molecule has 0 aromatic heterocycles. The summed E-state index contributed by atoms with van der Waals surface area (Å²) in [4.78, 5) is 11.8. The molecule has 0 aliphatic carbocycles. The molecule has 2 aliphatic rings. The van der Waals surface area contributed by atoms with Gasteiger partial charge in [-0.15, -0.1) is 0 Å². The first-order valence-electron chi connectivity index (χ1n) is 6.35. The molecule has 2 atom stereocenters. The molecule has 98 valence electrons. The first-order chi connectivity index (χ1) is 9.15. The van der Waals surface area contributed by atoms with Gasteiger partial charge >= 0.3 is 132 Å². The Labute approximate surface area is 131 Å². The van der Waals surface area contributed by atoms with Crippen LogP contribution < -0.4 is 10.6 Å². The van der Waals surface area contributed by atoms with Crippen LogP contribution in [0.25, 0.3) is 0 Å². The summed E-state index contributed by atoms with van der Waals surface area (Å²) in [5.74, 6) is -0.0570. The summed E-state index contributed by atoms with van der Waals surface area (Å²) in [7, 11) is 0. The van der Waals surface area contributed by atoms with Crippen molar-refractivity contribution in [2.24, 2.45) is 0 Å². The number of hydrogen-bond acceptors (Lipinski definition) is 3. The Balaban J connectivity index is 1.97. The van der Waals surface area contributed by atoms with E-state index in [1.807, 2.05) is 6.07 Å². The number of thiol groups is 1. The van der Waals surface area contributed by atoms with Crippen molar-refractivity contribution in [3.05, 3.63) is 41.5 Å². The van der Waals surface area contributed by atoms with Crippen molar-refractivity contribution in [2.45, 2.75) is 19.8 Å². The molecule has 1 aromatic rings. The van der Waals surface area contributed by atoms with Crippen LogP contribution in [0.2, 0.25) is 4.18 Å². The average Bonchev–Trinajstić information content (AvgIpc) is 2.38. The van der Waals surface area contributed by atoms with E-state index in [1.54, 1.807) is 0 Å². The molecule has 2 unspecified atom stereocenters. The van der Waals surface area contributed by atoms with E-state index in [1.165, 1.54) is 16.2 Å². The van der Waals surface area contributed by atoms with Gasteiger partial charge in [0.15, 0.2) is 0 Å². The van der Waals surface area contributed by atoms with E-state index in [-0.39, 0.29) is 11.4 Å². The third-order valence-corrected chi connectivity index (χ3v) is 17.2. The van der Waals surface area contributed by atoms with Gasteiger partial charge in [0.1, 0.15) is 0 Å². The van der Waals surface area contributed by atoms with Crippen molar-refractivity contribution < 1.29 is 4.79 Å². The van der Waals surface area contributed by atoms with Crippen molar-refractivity contribution in [2.75, 3.05) is 5.32 Å². The fourth-order valence-corrected chi connectivity index (χ4v) is 13.3. The van der Waals surface area contributed by atoms with Crippen LogP contribution in [0.1, 0.15) is 26.0 Å². The summed E-state index contributed by atoms with van der Waals surface area (Å²) >= 11 is 6.59. The molecule has 2 aliphatic heterocycles. The Morgan fingerprint density at radius 1 is 1.37 bits per heavy atom. The molecule has 0 spiro atoms. The molecule has 3 nitrogen and oxygen atoms in total. The maximum absolute atomic E-state index is 11.8. The van der Waals surface area contributed by atoms with E-state index in [0.29, 0.717) is 9.24 Å². The first-order valence-corrected chi connectivity index (χ1v) is 18.5. The Bertz CT molecular complexity index is 551. The third kappa shape index (κ3) is 2.85. The number of amides is 1. The second-order valence-electron chi connectivity index (χ2n) is 4.87. The molecule has 19 heavy (non-hydrogen) atoms. The topological polar surface area (TPSA) is 41.1 Å². The van der Waals surface area contributed by atoms with Gasteiger partial charge in [-0.1, -0.05) is 0 Å². The number of carbonyl (C=O) groups excluding carboxylic acids is 1. The maximum atomic E-state index is 11.8. The summed E-state index contributed by atoms with van der Waals surface area (Å²) < 4.78 is 1.93. The summed E-state index contributed by atoms with van der Waals surface area (Å²) in [5.41, 5.74) is 2.61. The van der Waals surface area contributed by atoms with E-state index in [9.17, 15) is 4.79 Å². The predicted molar refractivity (Wildman–Crippen MR) is 86.3 cm³/mol. The number of halogens is 1.